The first-order chi connectivity index (χ1) is 27.7. The van der Waals surface area contributed by atoms with Gasteiger partial charge >= 0.3 is 0 Å². The fourth-order valence-electron chi connectivity index (χ4n) is 7.90. The molecule has 0 aliphatic heterocycles. The second kappa shape index (κ2) is 13.5. The summed E-state index contributed by atoms with van der Waals surface area (Å²) < 4.78 is 5.05. The molecule has 0 aliphatic carbocycles. The zero-order valence-corrected chi connectivity index (χ0v) is 31.7. The molecule has 0 saturated heterocycles. The Labute approximate surface area is 331 Å². The van der Waals surface area contributed by atoms with Crippen LogP contribution in [0.15, 0.2) is 188 Å². The molecule has 11 aromatic rings. The van der Waals surface area contributed by atoms with Gasteiger partial charge in [-0.25, -0.2) is 15.0 Å². The molecule has 3 heterocycles. The number of hydrogen-bond acceptors (Lipinski definition) is 5. The highest BCUT2D eigenvalue weighted by molar-refractivity contribution is 7.26. The molecule has 0 spiro atoms. The highest BCUT2D eigenvalue weighted by Crippen LogP contribution is 2.47. The Balaban J connectivity index is 1.07. The third-order valence-electron chi connectivity index (χ3n) is 10.6. The summed E-state index contributed by atoms with van der Waals surface area (Å²) >= 11 is 3.71. The molecule has 0 aliphatic rings. The fraction of sp³-hybridized carbons (Fsp3) is 0. The first kappa shape index (κ1) is 32.6. The second-order valence-corrected chi connectivity index (χ2v) is 16.1. The number of thiophene rings is 2. The highest BCUT2D eigenvalue weighted by atomic mass is 32.1. The van der Waals surface area contributed by atoms with E-state index >= 15 is 0 Å². The van der Waals surface area contributed by atoms with E-state index < -0.39 is 0 Å². The van der Waals surface area contributed by atoms with E-state index in [1.165, 1.54) is 73.7 Å². The molecule has 262 valence electrons. The van der Waals surface area contributed by atoms with Crippen molar-refractivity contribution in [2.45, 2.75) is 0 Å². The Morgan fingerprint density at radius 1 is 0.286 bits per heavy atom. The molecular weight excluding hydrogens is 719 g/mol. The lowest BCUT2D eigenvalue weighted by molar-refractivity contribution is 1.08. The summed E-state index contributed by atoms with van der Waals surface area (Å²) in [6.45, 7) is 0. The van der Waals surface area contributed by atoms with E-state index in [2.05, 4.69) is 152 Å². The smallest absolute Gasteiger partial charge is 0.164 e. The summed E-state index contributed by atoms with van der Waals surface area (Å²) in [7, 11) is 0. The number of benzene rings is 8. The van der Waals surface area contributed by atoms with Gasteiger partial charge in [0, 0.05) is 57.0 Å². The number of hydrogen-bond donors (Lipinski definition) is 0. The van der Waals surface area contributed by atoms with Crippen LogP contribution in [0.1, 0.15) is 0 Å². The van der Waals surface area contributed by atoms with E-state index in [-0.39, 0.29) is 0 Å². The van der Waals surface area contributed by atoms with Gasteiger partial charge in [0.15, 0.2) is 17.5 Å². The lowest BCUT2D eigenvalue weighted by atomic mass is 9.93. The Bertz CT molecular complexity index is 3180. The molecule has 5 heteroatoms. The van der Waals surface area contributed by atoms with Crippen molar-refractivity contribution in [1.82, 2.24) is 15.0 Å². The van der Waals surface area contributed by atoms with Crippen LogP contribution in [-0.4, -0.2) is 15.0 Å². The highest BCUT2D eigenvalue weighted by Gasteiger charge is 2.20. The summed E-state index contributed by atoms with van der Waals surface area (Å²) in [6.07, 6.45) is 0. The molecule has 3 aromatic heterocycles. The normalized spacial score (nSPS) is 11.6. The molecule has 0 radical (unpaired) electrons. The Hall–Kier alpha value is -6.79. The van der Waals surface area contributed by atoms with Gasteiger partial charge in [-0.2, -0.15) is 0 Å². The first-order valence-corrected chi connectivity index (χ1v) is 20.3. The SMILES string of the molecule is c1ccc(-c2cccc(-c3ccc(-c4ccc5c(c4)sc4cccc(-c6nc(-c7ccccc7)nc(-c7ccccc7)n6)c45)c4c3sc3ccccc34)c2)cc1. The summed E-state index contributed by atoms with van der Waals surface area (Å²) in [4.78, 5) is 15.1. The van der Waals surface area contributed by atoms with Crippen molar-refractivity contribution in [1.29, 1.82) is 0 Å². The monoisotopic (exact) mass is 749 g/mol. The van der Waals surface area contributed by atoms with Gasteiger partial charge in [0.1, 0.15) is 0 Å². The Morgan fingerprint density at radius 2 is 0.839 bits per heavy atom. The molecular formula is C51H31N3S2. The van der Waals surface area contributed by atoms with Crippen LogP contribution in [0.5, 0.6) is 0 Å². The molecule has 0 amide bonds. The molecule has 3 nitrogen and oxygen atoms in total. The maximum absolute atomic E-state index is 5.10. The van der Waals surface area contributed by atoms with Crippen LogP contribution in [0.4, 0.5) is 0 Å². The molecule has 0 saturated carbocycles. The topological polar surface area (TPSA) is 38.7 Å². The minimum Gasteiger partial charge on any atom is -0.208 e. The second-order valence-electron chi connectivity index (χ2n) is 13.9. The van der Waals surface area contributed by atoms with Crippen molar-refractivity contribution in [2.24, 2.45) is 0 Å². The van der Waals surface area contributed by atoms with E-state index in [9.17, 15) is 0 Å². The van der Waals surface area contributed by atoms with Gasteiger partial charge in [-0.15, -0.1) is 22.7 Å². The Morgan fingerprint density at radius 3 is 1.59 bits per heavy atom. The van der Waals surface area contributed by atoms with Crippen LogP contribution in [0, 0.1) is 0 Å². The van der Waals surface area contributed by atoms with Crippen LogP contribution in [0.2, 0.25) is 0 Å². The summed E-state index contributed by atoms with van der Waals surface area (Å²) in [5.41, 5.74) is 10.3. The molecule has 0 unspecified atom stereocenters. The van der Waals surface area contributed by atoms with Crippen LogP contribution in [-0.2, 0) is 0 Å². The molecule has 8 aromatic carbocycles. The van der Waals surface area contributed by atoms with E-state index in [1.54, 1.807) is 0 Å². The number of rotatable bonds is 6. The van der Waals surface area contributed by atoms with Crippen LogP contribution in [0.3, 0.4) is 0 Å². The molecule has 0 bridgehead atoms. The van der Waals surface area contributed by atoms with Gasteiger partial charge in [0.05, 0.1) is 0 Å². The van der Waals surface area contributed by atoms with Gasteiger partial charge in [-0.1, -0.05) is 164 Å². The third-order valence-corrected chi connectivity index (χ3v) is 12.9. The van der Waals surface area contributed by atoms with Gasteiger partial charge < -0.3 is 0 Å². The van der Waals surface area contributed by atoms with Gasteiger partial charge in [-0.3, -0.25) is 0 Å². The van der Waals surface area contributed by atoms with Crippen molar-refractivity contribution in [2.75, 3.05) is 0 Å². The maximum Gasteiger partial charge on any atom is 0.164 e. The molecule has 0 atom stereocenters. The zero-order chi connectivity index (χ0) is 37.0. The average molecular weight is 750 g/mol. The van der Waals surface area contributed by atoms with Crippen molar-refractivity contribution in [3.8, 4) is 67.5 Å². The van der Waals surface area contributed by atoms with Crippen LogP contribution in [0.25, 0.3) is 108 Å². The van der Waals surface area contributed by atoms with Crippen molar-refractivity contribution in [3.63, 3.8) is 0 Å². The summed E-state index contributed by atoms with van der Waals surface area (Å²) in [5.74, 6) is 2.00. The summed E-state index contributed by atoms with van der Waals surface area (Å²) in [6, 6.07) is 66.8. The predicted molar refractivity (Wildman–Crippen MR) is 238 cm³/mol. The van der Waals surface area contributed by atoms with Gasteiger partial charge in [-0.05, 0) is 57.6 Å². The van der Waals surface area contributed by atoms with Gasteiger partial charge in [0.25, 0.3) is 0 Å². The standard InChI is InChI=1S/C51H31N3S2/c1-4-14-32(15-5-1)35-20-12-21-36(30-35)39-29-28-38(47-40-22-10-11-24-43(40)56-48(39)47)37-26-27-41-45(31-37)55-44-25-13-23-42(46(41)44)51-53-49(33-16-6-2-7-17-33)52-50(54-51)34-18-8-3-9-19-34/h1-31H. The minimum absolute atomic E-state index is 0.663. The van der Waals surface area contributed by atoms with Crippen molar-refractivity contribution < 1.29 is 0 Å². The van der Waals surface area contributed by atoms with Crippen molar-refractivity contribution >= 4 is 63.0 Å². The predicted octanol–water partition coefficient (Wildman–Crippen LogP) is 14.6. The summed E-state index contributed by atoms with van der Waals surface area (Å²) in [5, 5.41) is 4.97. The maximum atomic E-state index is 5.10. The van der Waals surface area contributed by atoms with Crippen molar-refractivity contribution in [3.05, 3.63) is 188 Å². The minimum atomic E-state index is 0.663. The van der Waals surface area contributed by atoms with Crippen LogP contribution < -0.4 is 0 Å². The first-order valence-electron chi connectivity index (χ1n) is 18.7. The molecule has 0 N–H and O–H groups in total. The van der Waals surface area contributed by atoms with E-state index in [1.807, 2.05) is 59.1 Å². The quantitative estimate of drug-likeness (QED) is 0.170. The largest absolute Gasteiger partial charge is 0.208 e. The third kappa shape index (κ3) is 5.60. The Kier molecular flexibility index (Phi) is 7.87. The van der Waals surface area contributed by atoms with E-state index in [4.69, 9.17) is 15.0 Å². The molecule has 0 fully saturated rings. The van der Waals surface area contributed by atoms with Gasteiger partial charge in [0.2, 0.25) is 0 Å². The fourth-order valence-corrected chi connectivity index (χ4v) is 10.3. The molecule has 56 heavy (non-hydrogen) atoms. The number of fused-ring (bicyclic) bond motifs is 6. The average Bonchev–Trinajstić information content (AvgIpc) is 3.86. The van der Waals surface area contributed by atoms with E-state index in [0.29, 0.717) is 17.5 Å². The lowest BCUT2D eigenvalue weighted by Crippen LogP contribution is -2.00. The van der Waals surface area contributed by atoms with Crippen LogP contribution >= 0.6 is 22.7 Å². The zero-order valence-electron chi connectivity index (χ0n) is 30.1. The number of nitrogens with zero attached hydrogens (tertiary/aromatic N) is 3. The molecule has 11 rings (SSSR count). The van der Waals surface area contributed by atoms with E-state index in [0.717, 1.165) is 16.7 Å². The lowest BCUT2D eigenvalue weighted by Gasteiger charge is -2.11. The number of aromatic nitrogens is 3.